The fraction of sp³-hybridized carbons (Fsp3) is 0.474. The molecule has 4 rings (SSSR count). The molecule has 0 amide bonds. The molecule has 0 unspecified atom stereocenters. The van der Waals surface area contributed by atoms with E-state index in [2.05, 4.69) is 26.3 Å². The van der Waals surface area contributed by atoms with Gasteiger partial charge in [0.15, 0.2) is 0 Å². The second kappa shape index (κ2) is 7.26. The Bertz CT molecular complexity index is 819. The lowest BCUT2D eigenvalue weighted by molar-refractivity contribution is 0.120. The summed E-state index contributed by atoms with van der Waals surface area (Å²) in [6.07, 6.45) is 9.33. The molecule has 7 nitrogen and oxygen atoms in total. The standard InChI is InChI=1S/C19H22N6O/c20-8-16-15(7-17(25-18(16)21)12-3-1-4-12)13-9-22-19(23-10-13)24-11-14-5-2-6-26-14/h7,9-10,12,14H,1-6,11H2,(H2,21,25)(H,22,23,24)/t14-/m0/s1. The number of hydrogen-bond donors (Lipinski definition) is 2. The highest BCUT2D eigenvalue weighted by Gasteiger charge is 2.24. The van der Waals surface area contributed by atoms with E-state index in [-0.39, 0.29) is 11.9 Å². The van der Waals surface area contributed by atoms with Gasteiger partial charge in [0.25, 0.3) is 0 Å². The molecule has 0 bridgehead atoms. The molecular formula is C19H22N6O. The molecule has 7 heteroatoms. The zero-order valence-corrected chi connectivity index (χ0v) is 14.6. The van der Waals surface area contributed by atoms with Gasteiger partial charge in [-0.25, -0.2) is 15.0 Å². The molecule has 1 aliphatic heterocycles. The van der Waals surface area contributed by atoms with Gasteiger partial charge in [0.05, 0.1) is 6.10 Å². The number of nitrogens with one attached hydrogen (secondary N) is 1. The molecule has 0 spiro atoms. The Morgan fingerprint density at radius 3 is 2.65 bits per heavy atom. The number of nitrogens with two attached hydrogens (primary N) is 1. The first-order valence-electron chi connectivity index (χ1n) is 9.13. The van der Waals surface area contributed by atoms with Gasteiger partial charge in [-0.3, -0.25) is 0 Å². The Morgan fingerprint density at radius 1 is 1.23 bits per heavy atom. The smallest absolute Gasteiger partial charge is 0.222 e. The van der Waals surface area contributed by atoms with Crippen LogP contribution in [0.3, 0.4) is 0 Å². The van der Waals surface area contributed by atoms with Crippen LogP contribution in [0.25, 0.3) is 11.1 Å². The SMILES string of the molecule is N#Cc1c(-c2cnc(NC[C@@H]3CCCO3)nc2)cc(C2CCC2)nc1N. The van der Waals surface area contributed by atoms with Crippen LogP contribution in [0.4, 0.5) is 11.8 Å². The van der Waals surface area contributed by atoms with Crippen molar-refractivity contribution in [1.82, 2.24) is 15.0 Å². The molecule has 2 aromatic rings. The predicted molar refractivity (Wildman–Crippen MR) is 98.4 cm³/mol. The van der Waals surface area contributed by atoms with Crippen molar-refractivity contribution in [3.05, 3.63) is 29.7 Å². The Labute approximate surface area is 152 Å². The fourth-order valence-corrected chi connectivity index (χ4v) is 3.41. The Balaban J connectivity index is 1.56. The largest absolute Gasteiger partial charge is 0.383 e. The van der Waals surface area contributed by atoms with Gasteiger partial charge in [-0.2, -0.15) is 5.26 Å². The van der Waals surface area contributed by atoms with Gasteiger partial charge >= 0.3 is 0 Å². The van der Waals surface area contributed by atoms with Gasteiger partial charge in [0, 0.05) is 48.3 Å². The first kappa shape index (κ1) is 16.7. The van der Waals surface area contributed by atoms with Crippen LogP contribution in [0.1, 0.15) is 49.3 Å². The number of ether oxygens (including phenoxy) is 1. The van der Waals surface area contributed by atoms with Crippen LogP contribution in [0.15, 0.2) is 18.5 Å². The van der Waals surface area contributed by atoms with E-state index in [1.807, 2.05) is 6.07 Å². The average molecular weight is 350 g/mol. The summed E-state index contributed by atoms with van der Waals surface area (Å²) in [6.45, 7) is 1.53. The van der Waals surface area contributed by atoms with Crippen LogP contribution >= 0.6 is 0 Å². The lowest BCUT2D eigenvalue weighted by Crippen LogP contribution is -2.19. The Morgan fingerprint density at radius 2 is 2.04 bits per heavy atom. The van der Waals surface area contributed by atoms with Gasteiger partial charge in [0.1, 0.15) is 17.5 Å². The van der Waals surface area contributed by atoms with Gasteiger partial charge in [-0.1, -0.05) is 6.42 Å². The zero-order valence-electron chi connectivity index (χ0n) is 14.6. The maximum atomic E-state index is 9.48. The molecule has 2 aliphatic rings. The van der Waals surface area contributed by atoms with Crippen molar-refractivity contribution in [2.45, 2.75) is 44.1 Å². The molecule has 3 N–H and O–H groups in total. The number of hydrogen-bond acceptors (Lipinski definition) is 7. The number of rotatable bonds is 5. The summed E-state index contributed by atoms with van der Waals surface area (Å²) in [5.74, 6) is 1.29. The molecule has 134 valence electrons. The van der Waals surface area contributed by atoms with Crippen LogP contribution in [0.5, 0.6) is 0 Å². The van der Waals surface area contributed by atoms with Crippen molar-refractivity contribution >= 4 is 11.8 Å². The monoisotopic (exact) mass is 350 g/mol. The highest BCUT2D eigenvalue weighted by atomic mass is 16.5. The third-order valence-electron chi connectivity index (χ3n) is 5.18. The summed E-state index contributed by atoms with van der Waals surface area (Å²) in [7, 11) is 0. The molecule has 0 aromatic carbocycles. The number of anilines is 2. The summed E-state index contributed by atoms with van der Waals surface area (Å²) < 4.78 is 5.59. The van der Waals surface area contributed by atoms with Crippen LogP contribution in [-0.4, -0.2) is 34.2 Å². The average Bonchev–Trinajstić information content (AvgIpc) is 3.12. The van der Waals surface area contributed by atoms with Crippen molar-refractivity contribution in [2.24, 2.45) is 0 Å². The minimum Gasteiger partial charge on any atom is -0.383 e. The van der Waals surface area contributed by atoms with Gasteiger partial charge in [-0.05, 0) is 31.7 Å². The molecule has 1 saturated heterocycles. The van der Waals surface area contributed by atoms with Crippen LogP contribution < -0.4 is 11.1 Å². The molecule has 26 heavy (non-hydrogen) atoms. The first-order valence-corrected chi connectivity index (χ1v) is 9.13. The molecule has 3 heterocycles. The Kier molecular flexibility index (Phi) is 4.67. The summed E-state index contributed by atoms with van der Waals surface area (Å²) >= 11 is 0. The highest BCUT2D eigenvalue weighted by Crippen LogP contribution is 2.38. The number of nitrogen functional groups attached to an aromatic ring is 1. The lowest BCUT2D eigenvalue weighted by Gasteiger charge is -2.25. The summed E-state index contributed by atoms with van der Waals surface area (Å²) in [5, 5.41) is 12.7. The molecule has 1 atom stereocenters. The van der Waals surface area contributed by atoms with E-state index in [4.69, 9.17) is 10.5 Å². The van der Waals surface area contributed by atoms with Crippen molar-refractivity contribution in [3.63, 3.8) is 0 Å². The maximum absolute atomic E-state index is 9.48. The molecule has 2 fully saturated rings. The summed E-state index contributed by atoms with van der Waals surface area (Å²) in [5.41, 5.74) is 8.91. The second-order valence-corrected chi connectivity index (χ2v) is 6.91. The van der Waals surface area contributed by atoms with Crippen molar-refractivity contribution in [3.8, 4) is 17.2 Å². The van der Waals surface area contributed by atoms with Crippen LogP contribution in [0, 0.1) is 11.3 Å². The summed E-state index contributed by atoms with van der Waals surface area (Å²) in [6, 6.07) is 4.14. The molecule has 1 saturated carbocycles. The Hall–Kier alpha value is -2.72. The van der Waals surface area contributed by atoms with E-state index in [0.717, 1.165) is 49.1 Å². The van der Waals surface area contributed by atoms with Gasteiger partial charge in [0.2, 0.25) is 5.95 Å². The molecule has 2 aromatic heterocycles. The van der Waals surface area contributed by atoms with E-state index >= 15 is 0 Å². The van der Waals surface area contributed by atoms with E-state index < -0.39 is 0 Å². The normalized spacial score (nSPS) is 19.7. The van der Waals surface area contributed by atoms with Crippen molar-refractivity contribution < 1.29 is 4.74 Å². The number of aromatic nitrogens is 3. The zero-order chi connectivity index (χ0) is 17.9. The number of nitriles is 1. The first-order chi connectivity index (χ1) is 12.7. The molecular weight excluding hydrogens is 328 g/mol. The minimum atomic E-state index is 0.230. The van der Waals surface area contributed by atoms with Crippen LogP contribution in [-0.2, 0) is 4.74 Å². The fourth-order valence-electron chi connectivity index (χ4n) is 3.41. The summed E-state index contributed by atoms with van der Waals surface area (Å²) in [4.78, 5) is 13.2. The molecule has 1 aliphatic carbocycles. The predicted octanol–water partition coefficient (Wildman–Crippen LogP) is 2.85. The number of pyridine rings is 1. The second-order valence-electron chi connectivity index (χ2n) is 6.91. The van der Waals surface area contributed by atoms with Crippen LogP contribution in [0.2, 0.25) is 0 Å². The maximum Gasteiger partial charge on any atom is 0.222 e. The van der Waals surface area contributed by atoms with E-state index in [0.29, 0.717) is 24.0 Å². The van der Waals surface area contributed by atoms with E-state index in [9.17, 15) is 5.26 Å². The van der Waals surface area contributed by atoms with Gasteiger partial charge in [-0.15, -0.1) is 0 Å². The minimum absolute atomic E-state index is 0.230. The lowest BCUT2D eigenvalue weighted by atomic mass is 9.82. The quantitative estimate of drug-likeness (QED) is 0.853. The third-order valence-corrected chi connectivity index (χ3v) is 5.18. The molecule has 0 radical (unpaired) electrons. The number of nitrogens with zero attached hydrogens (tertiary/aromatic N) is 4. The topological polar surface area (TPSA) is 110 Å². The highest BCUT2D eigenvalue weighted by molar-refractivity contribution is 5.75. The van der Waals surface area contributed by atoms with E-state index in [1.165, 1.54) is 6.42 Å². The van der Waals surface area contributed by atoms with E-state index in [1.54, 1.807) is 12.4 Å². The van der Waals surface area contributed by atoms with Crippen molar-refractivity contribution in [2.75, 3.05) is 24.2 Å². The van der Waals surface area contributed by atoms with Crippen molar-refractivity contribution in [1.29, 1.82) is 5.26 Å². The van der Waals surface area contributed by atoms with Gasteiger partial charge < -0.3 is 15.8 Å². The third kappa shape index (κ3) is 3.33.